The van der Waals surface area contributed by atoms with Crippen LogP contribution in [0.2, 0.25) is 0 Å². The molecule has 0 bridgehead atoms. The number of nitrogens with two attached hydrogens (primary N) is 4. The molecule has 0 aliphatic heterocycles. The zero-order valence-electron chi connectivity index (χ0n) is 17.6. The molecule has 12 N–H and O–H groups in total. The van der Waals surface area contributed by atoms with Crippen molar-refractivity contribution >= 4 is 54.0 Å². The van der Waals surface area contributed by atoms with Crippen molar-refractivity contribution in [3.05, 3.63) is 0 Å². The molecule has 0 saturated heterocycles. The Morgan fingerprint density at radius 1 is 0.697 bits per heavy atom. The number of rotatable bonds is 16. The van der Waals surface area contributed by atoms with E-state index in [1.165, 1.54) is 0 Å². The van der Waals surface area contributed by atoms with E-state index in [2.05, 4.69) is 28.6 Å². The molecule has 186 valence electrons. The first kappa shape index (κ1) is 29.6. The van der Waals surface area contributed by atoms with Crippen LogP contribution in [-0.2, 0) is 33.6 Å². The smallest absolute Gasteiger partial charge is 0.327 e. The lowest BCUT2D eigenvalue weighted by atomic mass is 10.1. The van der Waals surface area contributed by atoms with Crippen molar-refractivity contribution in [3.63, 3.8) is 0 Å². The average Bonchev–Trinajstić information content (AvgIpc) is 2.71. The second kappa shape index (κ2) is 14.6. The van der Waals surface area contributed by atoms with E-state index in [9.17, 15) is 33.6 Å². The molecule has 0 aromatic heterocycles. The molecule has 16 heteroatoms. The van der Waals surface area contributed by atoms with Crippen LogP contribution in [0.25, 0.3) is 0 Å². The molecule has 0 saturated carbocycles. The second-order valence-corrected chi connectivity index (χ2v) is 7.36. The highest BCUT2D eigenvalue weighted by Crippen LogP contribution is 2.03. The third-order valence-corrected chi connectivity index (χ3v) is 4.55. The third-order valence-electron chi connectivity index (χ3n) is 4.19. The molecule has 33 heavy (non-hydrogen) atoms. The van der Waals surface area contributed by atoms with Crippen molar-refractivity contribution in [1.29, 1.82) is 0 Å². The molecule has 0 heterocycles. The zero-order valence-corrected chi connectivity index (χ0v) is 18.5. The molecule has 0 radical (unpaired) electrons. The quantitative estimate of drug-likeness (QED) is 0.0935. The summed E-state index contributed by atoms with van der Waals surface area (Å²) in [7, 11) is 0. The normalized spacial score (nSPS) is 14.1. The van der Waals surface area contributed by atoms with Gasteiger partial charge in [0.1, 0.15) is 18.1 Å². The number of hydrogen-bond donors (Lipinski definition) is 9. The zero-order chi connectivity index (χ0) is 25.7. The van der Waals surface area contributed by atoms with Crippen LogP contribution in [0.3, 0.4) is 0 Å². The van der Waals surface area contributed by atoms with Crippen molar-refractivity contribution in [2.24, 2.45) is 22.9 Å². The molecule has 0 rings (SSSR count). The van der Waals surface area contributed by atoms with Crippen molar-refractivity contribution in [2.45, 2.75) is 56.3 Å². The first-order valence-corrected chi connectivity index (χ1v) is 10.3. The molecule has 0 aliphatic carbocycles. The van der Waals surface area contributed by atoms with Crippen LogP contribution in [0.5, 0.6) is 0 Å². The van der Waals surface area contributed by atoms with Crippen molar-refractivity contribution < 1.29 is 38.7 Å². The second-order valence-electron chi connectivity index (χ2n) is 6.99. The molecular weight excluding hydrogens is 462 g/mol. The monoisotopic (exact) mass is 491 g/mol. The highest BCUT2D eigenvalue weighted by atomic mass is 32.1. The molecule has 6 amide bonds. The van der Waals surface area contributed by atoms with Gasteiger partial charge < -0.3 is 44.0 Å². The van der Waals surface area contributed by atoms with E-state index >= 15 is 0 Å². The van der Waals surface area contributed by atoms with Gasteiger partial charge in [-0.25, -0.2) is 4.79 Å². The van der Waals surface area contributed by atoms with E-state index in [1.807, 2.05) is 0 Å². The fourth-order valence-corrected chi connectivity index (χ4v) is 2.65. The third kappa shape index (κ3) is 12.3. The molecule has 0 fully saturated rings. The van der Waals surface area contributed by atoms with E-state index < -0.39 is 72.0 Å². The van der Waals surface area contributed by atoms with E-state index in [0.717, 1.165) is 0 Å². The van der Waals surface area contributed by atoms with Gasteiger partial charge in [0.05, 0.1) is 12.5 Å². The molecule has 0 spiro atoms. The Kier molecular flexibility index (Phi) is 13.1. The summed E-state index contributed by atoms with van der Waals surface area (Å²) in [4.78, 5) is 81.8. The average molecular weight is 492 g/mol. The summed E-state index contributed by atoms with van der Waals surface area (Å²) in [5.74, 6) is -7.03. The van der Waals surface area contributed by atoms with Crippen LogP contribution in [0.4, 0.5) is 0 Å². The minimum absolute atomic E-state index is 0.113. The number of nitrogens with one attached hydrogen (secondary N) is 3. The maximum absolute atomic E-state index is 12.7. The van der Waals surface area contributed by atoms with Crippen LogP contribution in [0, 0.1) is 0 Å². The number of amides is 6. The fourth-order valence-electron chi connectivity index (χ4n) is 2.40. The van der Waals surface area contributed by atoms with Gasteiger partial charge >= 0.3 is 5.97 Å². The minimum Gasteiger partial charge on any atom is -0.480 e. The van der Waals surface area contributed by atoms with Crippen LogP contribution >= 0.6 is 12.6 Å². The summed E-state index contributed by atoms with van der Waals surface area (Å²) in [6.45, 7) is 0. The standard InChI is InChI=1S/C17H29N7O8S/c18-7(1-3-11(19)25)14(28)22-8(2-4-12(20)26)15(29)23-9(5-13(21)27)16(30)24-10(6-33)17(31)32/h7-10,33H,1-6,18H2,(H2,19,25)(H2,20,26)(H2,21,27)(H,22,28)(H,23,29)(H,24,30)(H,31,32). The first-order chi connectivity index (χ1) is 15.3. The lowest BCUT2D eigenvalue weighted by Gasteiger charge is -2.24. The Labute approximate surface area is 194 Å². The summed E-state index contributed by atoms with van der Waals surface area (Å²) in [5, 5.41) is 15.6. The summed E-state index contributed by atoms with van der Waals surface area (Å²) >= 11 is 3.80. The van der Waals surface area contributed by atoms with Crippen LogP contribution < -0.4 is 38.9 Å². The van der Waals surface area contributed by atoms with Crippen LogP contribution in [0.15, 0.2) is 0 Å². The van der Waals surface area contributed by atoms with E-state index in [1.54, 1.807) is 0 Å². The number of primary amides is 3. The first-order valence-electron chi connectivity index (χ1n) is 9.63. The molecule has 0 aromatic rings. The predicted molar refractivity (Wildman–Crippen MR) is 116 cm³/mol. The number of hydrogen-bond acceptors (Lipinski definition) is 9. The number of carbonyl (C=O) groups excluding carboxylic acids is 6. The fraction of sp³-hybridized carbons (Fsp3) is 0.588. The maximum atomic E-state index is 12.7. The summed E-state index contributed by atoms with van der Waals surface area (Å²) in [6, 6.07) is -5.62. The highest BCUT2D eigenvalue weighted by molar-refractivity contribution is 7.80. The summed E-state index contributed by atoms with van der Waals surface area (Å²) in [6.07, 6.45) is -1.61. The van der Waals surface area contributed by atoms with Crippen molar-refractivity contribution in [1.82, 2.24) is 16.0 Å². The van der Waals surface area contributed by atoms with Gasteiger partial charge in [0.2, 0.25) is 35.4 Å². The van der Waals surface area contributed by atoms with E-state index in [0.29, 0.717) is 0 Å². The predicted octanol–water partition coefficient (Wildman–Crippen LogP) is -4.81. The van der Waals surface area contributed by atoms with Crippen molar-refractivity contribution in [2.75, 3.05) is 5.75 Å². The van der Waals surface area contributed by atoms with Gasteiger partial charge in [0, 0.05) is 18.6 Å². The summed E-state index contributed by atoms with van der Waals surface area (Å²) in [5.41, 5.74) is 20.8. The Morgan fingerprint density at radius 2 is 1.15 bits per heavy atom. The maximum Gasteiger partial charge on any atom is 0.327 e. The SMILES string of the molecule is NC(=O)CCC(N)C(=O)NC(CCC(N)=O)C(=O)NC(CC(N)=O)C(=O)NC(CS)C(=O)O. The molecular formula is C17H29N7O8S. The Morgan fingerprint density at radius 3 is 1.61 bits per heavy atom. The Balaban J connectivity index is 5.48. The molecule has 0 aliphatic rings. The molecule has 15 nitrogen and oxygen atoms in total. The van der Waals surface area contributed by atoms with Gasteiger partial charge in [-0.05, 0) is 12.8 Å². The lowest BCUT2D eigenvalue weighted by molar-refractivity contribution is -0.141. The number of thiol groups is 1. The number of carboxylic acids is 1. The Bertz CT molecular complexity index is 778. The molecule has 0 aromatic carbocycles. The van der Waals surface area contributed by atoms with Gasteiger partial charge in [-0.2, -0.15) is 12.6 Å². The van der Waals surface area contributed by atoms with Crippen LogP contribution in [-0.4, -0.2) is 76.4 Å². The minimum atomic E-state index is -1.59. The molecule has 4 unspecified atom stereocenters. The largest absolute Gasteiger partial charge is 0.480 e. The van der Waals surface area contributed by atoms with Gasteiger partial charge in [-0.3, -0.25) is 28.8 Å². The van der Waals surface area contributed by atoms with Crippen LogP contribution in [0.1, 0.15) is 32.1 Å². The van der Waals surface area contributed by atoms with E-state index in [4.69, 9.17) is 28.0 Å². The number of carboxylic acid groups (broad SMARTS) is 1. The van der Waals surface area contributed by atoms with Crippen molar-refractivity contribution in [3.8, 4) is 0 Å². The number of aliphatic carboxylic acids is 1. The molecule has 4 atom stereocenters. The highest BCUT2D eigenvalue weighted by Gasteiger charge is 2.31. The number of carbonyl (C=O) groups is 7. The van der Waals surface area contributed by atoms with Gasteiger partial charge in [0.25, 0.3) is 0 Å². The Hall–Kier alpha value is -3.40. The van der Waals surface area contributed by atoms with E-state index in [-0.39, 0.29) is 31.4 Å². The van der Waals surface area contributed by atoms with Gasteiger partial charge in [-0.1, -0.05) is 0 Å². The van der Waals surface area contributed by atoms with Gasteiger partial charge in [0.15, 0.2) is 0 Å². The lowest BCUT2D eigenvalue weighted by Crippen LogP contribution is -2.58. The van der Waals surface area contributed by atoms with Gasteiger partial charge in [-0.15, -0.1) is 0 Å². The summed E-state index contributed by atoms with van der Waals surface area (Å²) < 4.78 is 0. The topological polar surface area (TPSA) is 280 Å².